The maximum Gasteiger partial charge on any atom is 0.251 e. The number of hydrogen-bond acceptors (Lipinski definition) is 6. The van der Waals surface area contributed by atoms with E-state index in [1.165, 1.54) is 0 Å². The van der Waals surface area contributed by atoms with Crippen molar-refractivity contribution >= 4 is 23.6 Å². The summed E-state index contributed by atoms with van der Waals surface area (Å²) in [6.07, 6.45) is 2.81. The van der Waals surface area contributed by atoms with Gasteiger partial charge in [0.15, 0.2) is 0 Å². The molecule has 4 amide bonds. The number of amides is 4. The van der Waals surface area contributed by atoms with E-state index in [1.807, 2.05) is 6.92 Å². The molecule has 0 aromatic heterocycles. The molecule has 10 heteroatoms. The van der Waals surface area contributed by atoms with Gasteiger partial charge in [-0.05, 0) is 85.5 Å². The van der Waals surface area contributed by atoms with Crippen LogP contribution in [0.2, 0.25) is 0 Å². The van der Waals surface area contributed by atoms with Crippen LogP contribution in [0.1, 0.15) is 69.2 Å². The van der Waals surface area contributed by atoms with Crippen molar-refractivity contribution in [2.45, 2.75) is 56.5 Å². The van der Waals surface area contributed by atoms with Crippen LogP contribution in [0.15, 0.2) is 36.4 Å². The first-order chi connectivity index (χ1) is 19.2. The molecule has 2 aliphatic rings. The van der Waals surface area contributed by atoms with Gasteiger partial charge in [0, 0.05) is 37.8 Å². The number of primary amides is 1. The molecular formula is C30H36N6O4. The number of rotatable bonds is 8. The normalized spacial score (nSPS) is 17.9. The summed E-state index contributed by atoms with van der Waals surface area (Å²) in [5.74, 6) is -1.18. The fraction of sp³-hybridized carbons (Fsp3) is 0.433. The monoisotopic (exact) mass is 544 g/mol. The van der Waals surface area contributed by atoms with E-state index in [0.29, 0.717) is 48.1 Å². The van der Waals surface area contributed by atoms with Crippen LogP contribution in [0.4, 0.5) is 0 Å². The third-order valence-corrected chi connectivity index (χ3v) is 8.13. The van der Waals surface area contributed by atoms with Crippen LogP contribution in [-0.2, 0) is 27.8 Å². The maximum atomic E-state index is 13.6. The van der Waals surface area contributed by atoms with Crippen LogP contribution in [0.5, 0.6) is 0 Å². The van der Waals surface area contributed by atoms with Gasteiger partial charge in [0.05, 0.1) is 12.6 Å². The minimum Gasteiger partial charge on any atom is -0.369 e. The molecule has 0 radical (unpaired) electrons. The maximum absolute atomic E-state index is 13.6. The Bertz CT molecular complexity index is 1310. The van der Waals surface area contributed by atoms with Gasteiger partial charge in [0.1, 0.15) is 11.5 Å². The Morgan fingerprint density at radius 2 is 1.57 bits per heavy atom. The molecule has 1 aliphatic carbocycles. The standard InChI is InChI=1S/C30H36N6O4/c1-18(35-17-26(37)36-12-4-5-23(36)16-31)15-30(29(32)40)24-10-8-21(27(38)33-2)13-19(24)6-7-20-14-22(28(39)34-3)9-11-25(20)30/h8-11,13-14,18,23,35H,4-7,12,15,17H2,1-3H3,(H2,32,40)(H,33,38)(H,34,39)/t18-,23-/m0/s1. The Labute approximate surface area is 234 Å². The number of fused-ring (bicyclic) bond motifs is 2. The molecule has 4 rings (SSSR count). The lowest BCUT2D eigenvalue weighted by molar-refractivity contribution is -0.130. The van der Waals surface area contributed by atoms with E-state index in [4.69, 9.17) is 5.73 Å². The van der Waals surface area contributed by atoms with Crippen molar-refractivity contribution in [3.8, 4) is 6.07 Å². The van der Waals surface area contributed by atoms with Crippen molar-refractivity contribution in [2.24, 2.45) is 5.73 Å². The number of likely N-dealkylation sites (tertiary alicyclic amines) is 1. The second-order valence-electron chi connectivity index (χ2n) is 10.5. The number of nitriles is 1. The summed E-state index contributed by atoms with van der Waals surface area (Å²) in [5.41, 5.74) is 9.01. The SMILES string of the molecule is CNC(=O)c1ccc2c(c1)CCc1cc(C(=O)NC)ccc1C2(C[C@H](C)NCC(=O)N1CCC[C@H]1C#N)C(N)=O. The lowest BCUT2D eigenvalue weighted by atomic mass is 9.68. The number of carbonyl (C=O) groups excluding carboxylic acids is 4. The lowest BCUT2D eigenvalue weighted by Crippen LogP contribution is -2.49. The molecule has 1 heterocycles. The molecule has 2 aromatic carbocycles. The largest absolute Gasteiger partial charge is 0.369 e. The highest BCUT2D eigenvalue weighted by atomic mass is 16.2. The van der Waals surface area contributed by atoms with E-state index in [1.54, 1.807) is 55.4 Å². The third kappa shape index (κ3) is 5.29. The predicted octanol–water partition coefficient (Wildman–Crippen LogP) is 1.16. The van der Waals surface area contributed by atoms with Gasteiger partial charge in [0.2, 0.25) is 11.8 Å². The van der Waals surface area contributed by atoms with Gasteiger partial charge in [-0.25, -0.2) is 0 Å². The van der Waals surface area contributed by atoms with Gasteiger partial charge >= 0.3 is 0 Å². The van der Waals surface area contributed by atoms with E-state index in [2.05, 4.69) is 22.0 Å². The number of carbonyl (C=O) groups is 4. The van der Waals surface area contributed by atoms with E-state index >= 15 is 0 Å². The van der Waals surface area contributed by atoms with Crippen molar-refractivity contribution in [2.75, 3.05) is 27.2 Å². The fourth-order valence-corrected chi connectivity index (χ4v) is 6.10. The van der Waals surface area contributed by atoms with Gasteiger partial charge in [0.25, 0.3) is 11.8 Å². The van der Waals surface area contributed by atoms with Crippen LogP contribution >= 0.6 is 0 Å². The van der Waals surface area contributed by atoms with E-state index in [-0.39, 0.29) is 36.7 Å². The summed E-state index contributed by atoms with van der Waals surface area (Å²) in [5, 5.41) is 17.9. The molecule has 0 saturated carbocycles. The molecule has 0 bridgehead atoms. The quantitative estimate of drug-likeness (QED) is 0.391. The van der Waals surface area contributed by atoms with Crippen LogP contribution in [0.3, 0.4) is 0 Å². The highest BCUT2D eigenvalue weighted by molar-refractivity contribution is 5.97. The van der Waals surface area contributed by atoms with Crippen LogP contribution in [0, 0.1) is 11.3 Å². The molecule has 0 spiro atoms. The van der Waals surface area contributed by atoms with Gasteiger partial charge in [-0.1, -0.05) is 12.1 Å². The van der Waals surface area contributed by atoms with Crippen LogP contribution in [-0.4, -0.2) is 67.8 Å². The zero-order valence-corrected chi connectivity index (χ0v) is 23.2. The highest BCUT2D eigenvalue weighted by Gasteiger charge is 2.46. The molecule has 5 N–H and O–H groups in total. The number of nitrogens with zero attached hydrogens (tertiary/aromatic N) is 2. The first-order valence-corrected chi connectivity index (χ1v) is 13.6. The summed E-state index contributed by atoms with van der Waals surface area (Å²) < 4.78 is 0. The molecule has 2 aromatic rings. The molecular weight excluding hydrogens is 508 g/mol. The number of benzene rings is 2. The molecule has 0 unspecified atom stereocenters. The van der Waals surface area contributed by atoms with Gasteiger partial charge < -0.3 is 26.6 Å². The van der Waals surface area contributed by atoms with Crippen LogP contribution in [0.25, 0.3) is 0 Å². The average Bonchev–Trinajstić information content (AvgIpc) is 3.40. The number of hydrogen-bond donors (Lipinski definition) is 4. The van der Waals surface area contributed by atoms with Crippen molar-refractivity contribution in [1.29, 1.82) is 5.26 Å². The van der Waals surface area contributed by atoms with Crippen molar-refractivity contribution in [1.82, 2.24) is 20.9 Å². The Morgan fingerprint density at radius 3 is 2.05 bits per heavy atom. The Balaban J connectivity index is 1.75. The minimum absolute atomic E-state index is 0.0269. The first-order valence-electron chi connectivity index (χ1n) is 13.6. The summed E-state index contributed by atoms with van der Waals surface area (Å²) >= 11 is 0. The molecule has 1 saturated heterocycles. The Kier molecular flexibility index (Phi) is 8.55. The minimum atomic E-state index is -1.28. The lowest BCUT2D eigenvalue weighted by Gasteiger charge is -2.36. The second kappa shape index (κ2) is 11.9. The van der Waals surface area contributed by atoms with E-state index < -0.39 is 17.4 Å². The van der Waals surface area contributed by atoms with Gasteiger partial charge in [-0.2, -0.15) is 5.26 Å². The molecule has 40 heavy (non-hydrogen) atoms. The topological polar surface area (TPSA) is 157 Å². The zero-order chi connectivity index (χ0) is 29.0. The highest BCUT2D eigenvalue weighted by Crippen LogP contribution is 2.43. The summed E-state index contributed by atoms with van der Waals surface area (Å²) in [7, 11) is 3.13. The molecule has 2 atom stereocenters. The predicted molar refractivity (Wildman–Crippen MR) is 149 cm³/mol. The molecule has 1 aliphatic heterocycles. The van der Waals surface area contributed by atoms with Crippen LogP contribution < -0.4 is 21.7 Å². The molecule has 1 fully saturated rings. The smallest absolute Gasteiger partial charge is 0.251 e. The third-order valence-electron chi connectivity index (χ3n) is 8.13. The number of nitrogens with one attached hydrogen (secondary N) is 3. The van der Waals surface area contributed by atoms with Gasteiger partial charge in [-0.3, -0.25) is 19.2 Å². The second-order valence-corrected chi connectivity index (χ2v) is 10.5. The summed E-state index contributed by atoms with van der Waals surface area (Å²) in [4.78, 5) is 52.9. The molecule has 210 valence electrons. The number of nitrogens with two attached hydrogens (primary N) is 1. The van der Waals surface area contributed by atoms with E-state index in [0.717, 1.165) is 17.5 Å². The van der Waals surface area contributed by atoms with E-state index in [9.17, 15) is 24.4 Å². The van der Waals surface area contributed by atoms with Crippen molar-refractivity contribution < 1.29 is 19.2 Å². The number of aryl methyl sites for hydroxylation is 2. The zero-order valence-electron chi connectivity index (χ0n) is 23.2. The van der Waals surface area contributed by atoms with Gasteiger partial charge in [-0.15, -0.1) is 0 Å². The molecule has 10 nitrogen and oxygen atoms in total. The Hall–Kier alpha value is -4.23. The van der Waals surface area contributed by atoms with Crippen molar-refractivity contribution in [3.63, 3.8) is 0 Å². The Morgan fingerprint density at radius 1 is 1.02 bits per heavy atom. The average molecular weight is 545 g/mol. The van der Waals surface area contributed by atoms with Crippen molar-refractivity contribution in [3.05, 3.63) is 69.8 Å². The summed E-state index contributed by atoms with van der Waals surface area (Å²) in [6, 6.07) is 12.0. The fourth-order valence-electron chi connectivity index (χ4n) is 6.10. The first kappa shape index (κ1) is 28.8. The summed E-state index contributed by atoms with van der Waals surface area (Å²) in [6.45, 7) is 2.48.